The summed E-state index contributed by atoms with van der Waals surface area (Å²) >= 11 is 0. The Morgan fingerprint density at radius 2 is 1.56 bits per heavy atom. The van der Waals surface area contributed by atoms with Crippen molar-refractivity contribution in [2.45, 2.75) is 58.7 Å². The van der Waals surface area contributed by atoms with Crippen LogP contribution in [0.15, 0.2) is 66.7 Å². The van der Waals surface area contributed by atoms with E-state index in [4.69, 9.17) is 9.47 Å². The Morgan fingerprint density at radius 3 is 2.12 bits per heavy atom. The molecular formula is C32H39N3O6. The second-order valence-electron chi connectivity index (χ2n) is 11.0. The minimum atomic E-state index is -1.05. The van der Waals surface area contributed by atoms with Gasteiger partial charge < -0.3 is 30.1 Å². The van der Waals surface area contributed by atoms with Gasteiger partial charge in [0.05, 0.1) is 7.11 Å². The van der Waals surface area contributed by atoms with Gasteiger partial charge in [-0.15, -0.1) is 0 Å². The molecule has 0 bridgehead atoms. The normalized spacial score (nSPS) is 12.6. The Balaban J connectivity index is 1.97. The van der Waals surface area contributed by atoms with Crippen LogP contribution >= 0.6 is 0 Å². The number of nitrogens with zero attached hydrogens (tertiary/aromatic N) is 1. The largest absolute Gasteiger partial charge is 0.508 e. The van der Waals surface area contributed by atoms with Gasteiger partial charge >= 0.3 is 6.09 Å². The maximum absolute atomic E-state index is 14.0. The molecule has 3 amide bonds. The first-order chi connectivity index (χ1) is 19.3. The number of aryl methyl sites for hydroxylation is 2. The van der Waals surface area contributed by atoms with E-state index >= 15 is 0 Å². The second-order valence-corrected chi connectivity index (χ2v) is 11.0. The van der Waals surface area contributed by atoms with Crippen LogP contribution in [0, 0.1) is 13.8 Å². The fraction of sp³-hybridized carbons (Fsp3) is 0.344. The smallest absolute Gasteiger partial charge is 0.408 e. The number of likely N-dealkylation sites (N-methyl/N-ethyl adjacent to an activating group) is 1. The lowest BCUT2D eigenvalue weighted by Crippen LogP contribution is -2.52. The van der Waals surface area contributed by atoms with Crippen LogP contribution in [0.25, 0.3) is 0 Å². The van der Waals surface area contributed by atoms with Crippen LogP contribution in [0.2, 0.25) is 0 Å². The third-order valence-electron chi connectivity index (χ3n) is 6.55. The van der Waals surface area contributed by atoms with Gasteiger partial charge in [-0.3, -0.25) is 9.59 Å². The van der Waals surface area contributed by atoms with E-state index in [0.717, 1.165) is 11.1 Å². The first-order valence-electron chi connectivity index (χ1n) is 13.3. The first kappa shape index (κ1) is 31.0. The number of phenolic OH excluding ortho intramolecular Hbond substituents is 1. The highest BCUT2D eigenvalue weighted by Crippen LogP contribution is 2.26. The van der Waals surface area contributed by atoms with E-state index < -0.39 is 35.6 Å². The van der Waals surface area contributed by atoms with Crippen LogP contribution in [0.1, 0.15) is 49.1 Å². The number of anilines is 1. The number of nitrogens with one attached hydrogen (secondary N) is 2. The number of ether oxygens (including phenoxy) is 2. The Hall–Kier alpha value is -4.53. The molecule has 0 aliphatic carbocycles. The number of phenols is 1. The molecule has 9 heteroatoms. The van der Waals surface area contributed by atoms with Crippen molar-refractivity contribution in [1.29, 1.82) is 0 Å². The Kier molecular flexibility index (Phi) is 9.99. The quantitative estimate of drug-likeness (QED) is 0.327. The highest BCUT2D eigenvalue weighted by molar-refractivity contribution is 5.99. The summed E-state index contributed by atoms with van der Waals surface area (Å²) < 4.78 is 10.6. The molecule has 0 radical (unpaired) electrons. The maximum Gasteiger partial charge on any atom is 0.408 e. The van der Waals surface area contributed by atoms with Gasteiger partial charge in [0.25, 0.3) is 5.91 Å². The van der Waals surface area contributed by atoms with Gasteiger partial charge in [-0.2, -0.15) is 0 Å². The summed E-state index contributed by atoms with van der Waals surface area (Å²) in [5.41, 5.74) is 3.11. The minimum Gasteiger partial charge on any atom is -0.508 e. The van der Waals surface area contributed by atoms with Crippen molar-refractivity contribution < 1.29 is 29.0 Å². The summed E-state index contributed by atoms with van der Waals surface area (Å²) in [4.78, 5) is 41.9. The molecule has 0 spiro atoms. The molecule has 0 aliphatic rings. The number of methoxy groups -OCH3 is 1. The highest BCUT2D eigenvalue weighted by atomic mass is 16.6. The predicted octanol–water partition coefficient (Wildman–Crippen LogP) is 5.29. The zero-order valence-corrected chi connectivity index (χ0v) is 24.6. The van der Waals surface area contributed by atoms with Crippen molar-refractivity contribution in [3.63, 3.8) is 0 Å². The lowest BCUT2D eigenvalue weighted by atomic mass is 9.98. The number of amides is 3. The fourth-order valence-electron chi connectivity index (χ4n) is 4.26. The molecule has 2 atom stereocenters. The molecule has 3 aromatic carbocycles. The first-order valence-corrected chi connectivity index (χ1v) is 13.3. The van der Waals surface area contributed by atoms with Crippen LogP contribution in [0.4, 0.5) is 10.5 Å². The lowest BCUT2D eigenvalue weighted by Gasteiger charge is -2.32. The average Bonchev–Trinajstić information content (AvgIpc) is 2.90. The SMILES string of the molecule is COc1ccc(NC(=O)C(c2ccc(C)c(C)c2)N(C)C(=O)C(Cc2ccc(O)cc2)NC(=O)OC(C)(C)C)cc1. The Labute approximate surface area is 241 Å². The van der Waals surface area contributed by atoms with Gasteiger partial charge in [0.15, 0.2) is 0 Å². The molecule has 3 rings (SSSR count). The molecule has 0 saturated heterocycles. The van der Waals surface area contributed by atoms with E-state index in [1.165, 1.54) is 24.1 Å². The molecule has 0 saturated carbocycles. The standard InChI is InChI=1S/C32H39N3O6/c1-20-8-11-23(18-21(20)2)28(29(37)33-24-12-16-26(40-7)17-13-24)35(6)30(38)27(34-31(39)41-32(3,4)5)19-22-9-14-25(36)15-10-22/h8-18,27-28,36H,19H2,1-7H3,(H,33,37)(H,34,39). The van der Waals surface area contributed by atoms with Crippen LogP contribution in [-0.2, 0) is 20.7 Å². The third kappa shape index (κ3) is 8.73. The maximum atomic E-state index is 14.0. The summed E-state index contributed by atoms with van der Waals surface area (Å²) in [7, 11) is 3.10. The van der Waals surface area contributed by atoms with Crippen LogP contribution in [-0.4, -0.2) is 53.7 Å². The van der Waals surface area contributed by atoms with Crippen molar-refractivity contribution in [3.05, 3.63) is 89.0 Å². The van der Waals surface area contributed by atoms with E-state index in [1.807, 2.05) is 32.0 Å². The zero-order chi connectivity index (χ0) is 30.3. The van der Waals surface area contributed by atoms with E-state index in [9.17, 15) is 19.5 Å². The molecule has 3 aromatic rings. The molecule has 0 fully saturated rings. The van der Waals surface area contributed by atoms with Crippen molar-refractivity contribution in [2.75, 3.05) is 19.5 Å². The van der Waals surface area contributed by atoms with E-state index in [-0.39, 0.29) is 12.2 Å². The van der Waals surface area contributed by atoms with Crippen molar-refractivity contribution in [1.82, 2.24) is 10.2 Å². The number of aromatic hydroxyl groups is 1. The van der Waals surface area contributed by atoms with E-state index in [1.54, 1.807) is 64.3 Å². The third-order valence-corrected chi connectivity index (χ3v) is 6.55. The van der Waals surface area contributed by atoms with Crippen molar-refractivity contribution >= 4 is 23.6 Å². The number of rotatable bonds is 9. The topological polar surface area (TPSA) is 117 Å². The number of hydrogen-bond donors (Lipinski definition) is 3. The molecular weight excluding hydrogens is 522 g/mol. The summed E-state index contributed by atoms with van der Waals surface area (Å²) in [6.07, 6.45) is -0.643. The van der Waals surface area contributed by atoms with Gasteiger partial charge in [0, 0.05) is 19.2 Å². The minimum absolute atomic E-state index is 0.0823. The molecule has 2 unspecified atom stereocenters. The molecule has 0 aliphatic heterocycles. The molecule has 218 valence electrons. The number of carbonyl (C=O) groups excluding carboxylic acids is 3. The predicted molar refractivity (Wildman–Crippen MR) is 158 cm³/mol. The van der Waals surface area contributed by atoms with Gasteiger partial charge in [0.2, 0.25) is 5.91 Å². The van der Waals surface area contributed by atoms with E-state index in [2.05, 4.69) is 10.6 Å². The number of hydrogen-bond acceptors (Lipinski definition) is 6. The van der Waals surface area contributed by atoms with Gasteiger partial charge in [-0.05, 0) is 93.3 Å². The summed E-state index contributed by atoms with van der Waals surface area (Å²) in [6, 6.07) is 16.8. The molecule has 9 nitrogen and oxygen atoms in total. The molecule has 3 N–H and O–H groups in total. The molecule has 0 heterocycles. The fourth-order valence-corrected chi connectivity index (χ4v) is 4.26. The molecule has 41 heavy (non-hydrogen) atoms. The van der Waals surface area contributed by atoms with Gasteiger partial charge in [-0.1, -0.05) is 30.3 Å². The second kappa shape index (κ2) is 13.2. The van der Waals surface area contributed by atoms with Crippen LogP contribution < -0.4 is 15.4 Å². The van der Waals surface area contributed by atoms with Crippen LogP contribution in [0.3, 0.4) is 0 Å². The van der Waals surface area contributed by atoms with Gasteiger partial charge in [0.1, 0.15) is 29.2 Å². The summed E-state index contributed by atoms with van der Waals surface area (Å²) in [5, 5.41) is 15.3. The van der Waals surface area contributed by atoms with Crippen molar-refractivity contribution in [2.24, 2.45) is 0 Å². The zero-order valence-electron chi connectivity index (χ0n) is 24.6. The number of benzene rings is 3. The van der Waals surface area contributed by atoms with E-state index in [0.29, 0.717) is 22.6 Å². The molecule has 0 aromatic heterocycles. The monoisotopic (exact) mass is 561 g/mol. The summed E-state index contributed by atoms with van der Waals surface area (Å²) in [5.74, 6) is -0.183. The average molecular weight is 562 g/mol. The Bertz CT molecular complexity index is 1360. The number of alkyl carbamates (subject to hydrolysis) is 1. The van der Waals surface area contributed by atoms with Crippen LogP contribution in [0.5, 0.6) is 11.5 Å². The Morgan fingerprint density at radius 1 is 0.927 bits per heavy atom. The van der Waals surface area contributed by atoms with Crippen molar-refractivity contribution in [3.8, 4) is 11.5 Å². The highest BCUT2D eigenvalue weighted by Gasteiger charge is 2.34. The van der Waals surface area contributed by atoms with Gasteiger partial charge in [-0.25, -0.2) is 4.79 Å². The lowest BCUT2D eigenvalue weighted by molar-refractivity contribution is -0.139. The summed E-state index contributed by atoms with van der Waals surface area (Å²) in [6.45, 7) is 9.11. The number of carbonyl (C=O) groups is 3.